The number of rotatable bonds is 4. The molecule has 0 aliphatic carbocycles. The van der Waals surface area contributed by atoms with Crippen LogP contribution in [0.4, 0.5) is 0 Å². The summed E-state index contributed by atoms with van der Waals surface area (Å²) in [6, 6.07) is 1.96. The standard InChI is InChI=1S/C12H19ClN2O2S2/c1-9-6-15(7-11(9)14(2)3)19(16,17)12-4-10(5-13)8-18-12/h4,8-9,11H,5-7H2,1-3H3. The first-order chi connectivity index (χ1) is 8.86. The molecule has 0 bridgehead atoms. The molecule has 0 radical (unpaired) electrons. The van der Waals surface area contributed by atoms with Crippen LogP contribution in [0, 0.1) is 5.92 Å². The van der Waals surface area contributed by atoms with E-state index in [1.807, 2.05) is 19.5 Å². The lowest BCUT2D eigenvalue weighted by Crippen LogP contribution is -2.35. The van der Waals surface area contributed by atoms with Crippen molar-refractivity contribution in [3.05, 3.63) is 17.0 Å². The third-order valence-corrected chi connectivity index (χ3v) is 7.18. The molecule has 0 amide bonds. The van der Waals surface area contributed by atoms with Crippen LogP contribution in [0.15, 0.2) is 15.7 Å². The lowest BCUT2D eigenvalue weighted by Gasteiger charge is -2.22. The van der Waals surface area contributed by atoms with Crippen LogP contribution in [-0.4, -0.2) is 50.8 Å². The third-order valence-electron chi connectivity index (χ3n) is 3.58. The number of hydrogen-bond donors (Lipinski definition) is 0. The average molecular weight is 323 g/mol. The molecule has 0 aromatic carbocycles. The zero-order valence-corrected chi connectivity index (χ0v) is 13.7. The molecule has 1 aromatic heterocycles. The lowest BCUT2D eigenvalue weighted by molar-refractivity contribution is 0.263. The molecule has 0 spiro atoms. The lowest BCUT2D eigenvalue weighted by atomic mass is 10.1. The predicted octanol–water partition coefficient (Wildman–Crippen LogP) is 2.06. The molecular formula is C12H19ClN2O2S2. The Hall–Kier alpha value is -0.140. The van der Waals surface area contributed by atoms with E-state index >= 15 is 0 Å². The first kappa shape index (κ1) is 15.3. The van der Waals surface area contributed by atoms with Crippen LogP contribution in [0.3, 0.4) is 0 Å². The van der Waals surface area contributed by atoms with Gasteiger partial charge in [-0.1, -0.05) is 6.92 Å². The van der Waals surface area contributed by atoms with E-state index in [2.05, 4.69) is 11.8 Å². The molecule has 108 valence electrons. The van der Waals surface area contributed by atoms with Crippen LogP contribution >= 0.6 is 22.9 Å². The van der Waals surface area contributed by atoms with Crippen LogP contribution in [0.25, 0.3) is 0 Å². The highest BCUT2D eigenvalue weighted by atomic mass is 35.5. The average Bonchev–Trinajstić information content (AvgIpc) is 2.95. The number of likely N-dealkylation sites (N-methyl/N-ethyl adjacent to an activating group) is 1. The maximum absolute atomic E-state index is 12.6. The molecule has 0 saturated carbocycles. The van der Waals surface area contributed by atoms with Crippen molar-refractivity contribution >= 4 is 33.0 Å². The number of halogens is 1. The van der Waals surface area contributed by atoms with E-state index in [-0.39, 0.29) is 6.04 Å². The molecule has 1 saturated heterocycles. The molecule has 2 unspecified atom stereocenters. The SMILES string of the molecule is CC1CN(S(=O)(=O)c2cc(CCl)cs2)CC1N(C)C. The van der Waals surface area contributed by atoms with Crippen LogP contribution in [0.5, 0.6) is 0 Å². The van der Waals surface area contributed by atoms with Gasteiger partial charge >= 0.3 is 0 Å². The van der Waals surface area contributed by atoms with Gasteiger partial charge in [-0.15, -0.1) is 22.9 Å². The molecular weight excluding hydrogens is 304 g/mol. The van der Waals surface area contributed by atoms with E-state index < -0.39 is 10.0 Å². The Kier molecular flexibility index (Phi) is 4.57. The van der Waals surface area contributed by atoms with Crippen molar-refractivity contribution in [2.24, 2.45) is 5.92 Å². The highest BCUT2D eigenvalue weighted by Crippen LogP contribution is 2.30. The summed E-state index contributed by atoms with van der Waals surface area (Å²) in [6.07, 6.45) is 0. The van der Waals surface area contributed by atoms with Gasteiger partial charge in [-0.25, -0.2) is 8.42 Å². The van der Waals surface area contributed by atoms with Crippen molar-refractivity contribution in [1.29, 1.82) is 0 Å². The fraction of sp³-hybridized carbons (Fsp3) is 0.667. The van der Waals surface area contributed by atoms with E-state index in [0.717, 1.165) is 5.56 Å². The fourth-order valence-corrected chi connectivity index (χ4v) is 5.63. The highest BCUT2D eigenvalue weighted by Gasteiger charge is 2.38. The maximum Gasteiger partial charge on any atom is 0.252 e. The molecule has 2 heterocycles. The van der Waals surface area contributed by atoms with Gasteiger partial charge in [0.05, 0.1) is 0 Å². The summed E-state index contributed by atoms with van der Waals surface area (Å²) in [5, 5.41) is 1.81. The smallest absolute Gasteiger partial charge is 0.252 e. The molecule has 0 N–H and O–H groups in total. The Morgan fingerprint density at radius 1 is 1.47 bits per heavy atom. The van der Waals surface area contributed by atoms with Crippen LogP contribution < -0.4 is 0 Å². The van der Waals surface area contributed by atoms with E-state index in [9.17, 15) is 8.42 Å². The minimum atomic E-state index is -3.36. The van der Waals surface area contributed by atoms with Crippen molar-refractivity contribution in [3.8, 4) is 0 Å². The van der Waals surface area contributed by atoms with Crippen molar-refractivity contribution in [2.45, 2.75) is 23.1 Å². The summed E-state index contributed by atoms with van der Waals surface area (Å²) >= 11 is 6.98. The number of alkyl halides is 1. The first-order valence-corrected chi connectivity index (χ1v) is 9.01. The van der Waals surface area contributed by atoms with Crippen LogP contribution in [-0.2, 0) is 15.9 Å². The summed E-state index contributed by atoms with van der Waals surface area (Å²) in [5.74, 6) is 0.695. The van der Waals surface area contributed by atoms with Gasteiger partial charge in [-0.2, -0.15) is 4.31 Å². The minimum Gasteiger partial charge on any atom is -0.305 e. The van der Waals surface area contributed by atoms with Crippen LogP contribution in [0.1, 0.15) is 12.5 Å². The Balaban J connectivity index is 2.22. The van der Waals surface area contributed by atoms with Gasteiger partial charge in [0.15, 0.2) is 0 Å². The summed E-state index contributed by atoms with van der Waals surface area (Å²) in [7, 11) is 0.627. The second kappa shape index (κ2) is 5.69. The Labute approximate surface area is 124 Å². The van der Waals surface area contributed by atoms with E-state index in [0.29, 0.717) is 29.1 Å². The predicted molar refractivity (Wildman–Crippen MR) is 79.3 cm³/mol. The Bertz CT molecular complexity index is 542. The van der Waals surface area contributed by atoms with E-state index in [4.69, 9.17) is 11.6 Å². The van der Waals surface area contributed by atoms with Crippen molar-refractivity contribution < 1.29 is 8.42 Å². The molecule has 4 nitrogen and oxygen atoms in total. The maximum atomic E-state index is 12.6. The molecule has 1 aliphatic rings. The Morgan fingerprint density at radius 3 is 2.63 bits per heavy atom. The molecule has 1 aromatic rings. The monoisotopic (exact) mass is 322 g/mol. The number of sulfonamides is 1. The molecule has 1 fully saturated rings. The largest absolute Gasteiger partial charge is 0.305 e. The number of thiophene rings is 1. The molecule has 2 atom stereocenters. The number of nitrogens with zero attached hydrogens (tertiary/aromatic N) is 2. The molecule has 2 rings (SSSR count). The van der Waals surface area contributed by atoms with E-state index in [1.54, 1.807) is 10.4 Å². The van der Waals surface area contributed by atoms with Crippen LogP contribution in [0.2, 0.25) is 0 Å². The van der Waals surface area contributed by atoms with Gasteiger partial charge in [-0.05, 0) is 37.0 Å². The summed E-state index contributed by atoms with van der Waals surface area (Å²) in [6.45, 7) is 3.24. The number of hydrogen-bond acceptors (Lipinski definition) is 4. The summed E-state index contributed by atoms with van der Waals surface area (Å²) in [4.78, 5) is 2.10. The first-order valence-electron chi connectivity index (χ1n) is 6.16. The summed E-state index contributed by atoms with van der Waals surface area (Å²) < 4.78 is 27.1. The normalized spacial score (nSPS) is 25.3. The van der Waals surface area contributed by atoms with Gasteiger partial charge in [0.25, 0.3) is 10.0 Å². The van der Waals surface area contributed by atoms with Crippen molar-refractivity contribution in [3.63, 3.8) is 0 Å². The highest BCUT2D eigenvalue weighted by molar-refractivity contribution is 7.91. The van der Waals surface area contributed by atoms with Crippen molar-refractivity contribution in [2.75, 3.05) is 27.2 Å². The van der Waals surface area contributed by atoms with Gasteiger partial charge < -0.3 is 4.90 Å². The topological polar surface area (TPSA) is 40.6 Å². The van der Waals surface area contributed by atoms with Gasteiger partial charge in [0.2, 0.25) is 0 Å². The second-order valence-corrected chi connectivity index (χ2v) is 8.58. The van der Waals surface area contributed by atoms with Crippen molar-refractivity contribution in [1.82, 2.24) is 9.21 Å². The Morgan fingerprint density at radius 2 is 2.16 bits per heavy atom. The molecule has 1 aliphatic heterocycles. The summed E-state index contributed by atoms with van der Waals surface area (Å²) in [5.41, 5.74) is 0.863. The van der Waals surface area contributed by atoms with E-state index in [1.165, 1.54) is 11.3 Å². The van der Waals surface area contributed by atoms with Gasteiger partial charge in [0, 0.05) is 25.0 Å². The zero-order chi connectivity index (χ0) is 14.2. The molecule has 7 heteroatoms. The minimum absolute atomic E-state index is 0.280. The second-order valence-electron chi connectivity index (χ2n) is 5.24. The third kappa shape index (κ3) is 2.97. The fourth-order valence-electron chi connectivity index (χ4n) is 2.46. The van der Waals surface area contributed by atoms with Gasteiger partial charge in [-0.3, -0.25) is 0 Å². The van der Waals surface area contributed by atoms with Gasteiger partial charge in [0.1, 0.15) is 4.21 Å². The quantitative estimate of drug-likeness (QED) is 0.797. The zero-order valence-electron chi connectivity index (χ0n) is 11.3. The molecule has 19 heavy (non-hydrogen) atoms.